The van der Waals surface area contributed by atoms with Crippen molar-refractivity contribution >= 4 is 11.0 Å². The third kappa shape index (κ3) is 2.70. The Bertz CT molecular complexity index is 723. The topological polar surface area (TPSA) is 38.0 Å². The fraction of sp³-hybridized carbons (Fsp3) is 0.188. The van der Waals surface area contributed by atoms with Gasteiger partial charge in [0, 0.05) is 6.42 Å². The number of aliphatic hydroxyl groups excluding tert-OH is 1. The maximum absolute atomic E-state index is 13.1. The van der Waals surface area contributed by atoms with Crippen molar-refractivity contribution in [3.05, 3.63) is 66.2 Å². The molecule has 0 spiro atoms. The van der Waals surface area contributed by atoms with Gasteiger partial charge in [-0.3, -0.25) is 0 Å². The predicted octanol–water partition coefficient (Wildman–Crippen LogP) is 2.78. The Morgan fingerprint density at radius 3 is 2.85 bits per heavy atom. The van der Waals surface area contributed by atoms with Gasteiger partial charge in [-0.15, -0.1) is 0 Å². The molecule has 0 bridgehead atoms. The van der Waals surface area contributed by atoms with Gasteiger partial charge in [-0.2, -0.15) is 0 Å². The van der Waals surface area contributed by atoms with Crippen molar-refractivity contribution in [3.63, 3.8) is 0 Å². The van der Waals surface area contributed by atoms with Crippen molar-refractivity contribution in [2.24, 2.45) is 0 Å². The molecule has 3 nitrogen and oxygen atoms in total. The van der Waals surface area contributed by atoms with E-state index < -0.39 is 6.10 Å². The average molecular weight is 270 g/mol. The standard InChI is InChI=1S/C16H15FN2O/c17-13-5-3-4-12(8-13)9-14(20)10-19-11-18-15-6-1-2-7-16(15)19/h1-8,11,14,20H,9-10H2. The zero-order chi connectivity index (χ0) is 13.9. The Hall–Kier alpha value is -2.20. The number of fused-ring (bicyclic) bond motifs is 1. The van der Waals surface area contributed by atoms with Gasteiger partial charge < -0.3 is 9.67 Å². The summed E-state index contributed by atoms with van der Waals surface area (Å²) in [4.78, 5) is 4.28. The summed E-state index contributed by atoms with van der Waals surface area (Å²) in [6.07, 6.45) is 1.57. The molecular formula is C16H15FN2O. The van der Waals surface area contributed by atoms with Gasteiger partial charge in [0.25, 0.3) is 0 Å². The Morgan fingerprint density at radius 2 is 2.00 bits per heavy atom. The predicted molar refractivity (Wildman–Crippen MR) is 75.8 cm³/mol. The molecule has 0 aliphatic rings. The van der Waals surface area contributed by atoms with Crippen LogP contribution in [0.5, 0.6) is 0 Å². The van der Waals surface area contributed by atoms with Crippen LogP contribution < -0.4 is 0 Å². The minimum atomic E-state index is -0.575. The molecule has 0 saturated carbocycles. The fourth-order valence-electron chi connectivity index (χ4n) is 2.38. The van der Waals surface area contributed by atoms with Gasteiger partial charge in [0.2, 0.25) is 0 Å². The number of nitrogens with zero attached hydrogens (tertiary/aromatic N) is 2. The minimum Gasteiger partial charge on any atom is -0.391 e. The number of benzene rings is 2. The van der Waals surface area contributed by atoms with Crippen LogP contribution in [0, 0.1) is 5.82 Å². The van der Waals surface area contributed by atoms with E-state index in [4.69, 9.17) is 0 Å². The van der Waals surface area contributed by atoms with E-state index >= 15 is 0 Å². The second-order valence-electron chi connectivity index (χ2n) is 4.87. The normalized spacial score (nSPS) is 12.7. The second-order valence-corrected chi connectivity index (χ2v) is 4.87. The third-order valence-electron chi connectivity index (χ3n) is 3.30. The van der Waals surface area contributed by atoms with E-state index in [1.807, 2.05) is 34.9 Å². The molecular weight excluding hydrogens is 255 g/mol. The molecule has 1 unspecified atom stereocenters. The highest BCUT2D eigenvalue weighted by molar-refractivity contribution is 5.74. The number of aromatic nitrogens is 2. The number of hydrogen-bond donors (Lipinski definition) is 1. The van der Waals surface area contributed by atoms with Crippen LogP contribution in [0.3, 0.4) is 0 Å². The highest BCUT2D eigenvalue weighted by atomic mass is 19.1. The van der Waals surface area contributed by atoms with E-state index in [1.54, 1.807) is 12.4 Å². The molecule has 1 aromatic heterocycles. The Labute approximate surface area is 116 Å². The molecule has 0 saturated heterocycles. The highest BCUT2D eigenvalue weighted by Gasteiger charge is 2.09. The maximum Gasteiger partial charge on any atom is 0.123 e. The van der Waals surface area contributed by atoms with Gasteiger partial charge in [-0.1, -0.05) is 24.3 Å². The molecule has 2 aromatic carbocycles. The average Bonchev–Trinajstić information content (AvgIpc) is 2.82. The summed E-state index contributed by atoms with van der Waals surface area (Å²) in [6.45, 7) is 0.441. The van der Waals surface area contributed by atoms with E-state index in [-0.39, 0.29) is 5.82 Å². The van der Waals surface area contributed by atoms with Crippen molar-refractivity contribution in [2.75, 3.05) is 0 Å². The lowest BCUT2D eigenvalue weighted by Crippen LogP contribution is -2.18. The van der Waals surface area contributed by atoms with Gasteiger partial charge in [0.05, 0.1) is 30.0 Å². The third-order valence-corrected chi connectivity index (χ3v) is 3.30. The number of imidazole rings is 1. The monoisotopic (exact) mass is 270 g/mol. The molecule has 3 rings (SSSR count). The first-order valence-corrected chi connectivity index (χ1v) is 6.55. The molecule has 102 valence electrons. The molecule has 1 heterocycles. The molecule has 4 heteroatoms. The van der Waals surface area contributed by atoms with Gasteiger partial charge >= 0.3 is 0 Å². The lowest BCUT2D eigenvalue weighted by molar-refractivity contribution is 0.155. The Balaban J connectivity index is 1.74. The lowest BCUT2D eigenvalue weighted by atomic mass is 10.1. The number of rotatable bonds is 4. The summed E-state index contributed by atoms with van der Waals surface area (Å²) < 4.78 is 15.0. The number of hydrogen-bond acceptors (Lipinski definition) is 2. The van der Waals surface area contributed by atoms with Gasteiger partial charge in [-0.25, -0.2) is 9.37 Å². The minimum absolute atomic E-state index is 0.275. The summed E-state index contributed by atoms with van der Waals surface area (Å²) in [5, 5.41) is 10.2. The molecule has 0 amide bonds. The first-order valence-electron chi connectivity index (χ1n) is 6.55. The fourth-order valence-corrected chi connectivity index (χ4v) is 2.38. The summed E-state index contributed by atoms with van der Waals surface area (Å²) in [5.41, 5.74) is 2.69. The number of para-hydroxylation sites is 2. The van der Waals surface area contributed by atoms with E-state index in [0.717, 1.165) is 16.6 Å². The van der Waals surface area contributed by atoms with Crippen LogP contribution in [0.4, 0.5) is 4.39 Å². The Morgan fingerprint density at radius 1 is 1.15 bits per heavy atom. The summed E-state index contributed by atoms with van der Waals surface area (Å²) in [6, 6.07) is 14.1. The number of aliphatic hydroxyl groups is 1. The zero-order valence-electron chi connectivity index (χ0n) is 10.9. The lowest BCUT2D eigenvalue weighted by Gasteiger charge is -2.12. The van der Waals surface area contributed by atoms with E-state index in [2.05, 4.69) is 4.98 Å². The van der Waals surface area contributed by atoms with Crippen molar-refractivity contribution in [1.82, 2.24) is 9.55 Å². The second kappa shape index (κ2) is 5.43. The van der Waals surface area contributed by atoms with Crippen LogP contribution in [0.25, 0.3) is 11.0 Å². The maximum atomic E-state index is 13.1. The van der Waals surface area contributed by atoms with Crippen LogP contribution in [0.2, 0.25) is 0 Å². The summed E-state index contributed by atoms with van der Waals surface area (Å²) in [5.74, 6) is -0.275. The van der Waals surface area contributed by atoms with Crippen LogP contribution in [0.15, 0.2) is 54.9 Å². The van der Waals surface area contributed by atoms with Gasteiger partial charge in [-0.05, 0) is 29.8 Å². The van der Waals surface area contributed by atoms with Crippen LogP contribution >= 0.6 is 0 Å². The van der Waals surface area contributed by atoms with Gasteiger partial charge in [0.15, 0.2) is 0 Å². The van der Waals surface area contributed by atoms with E-state index in [1.165, 1.54) is 12.1 Å². The molecule has 1 atom stereocenters. The van der Waals surface area contributed by atoms with Crippen molar-refractivity contribution < 1.29 is 9.50 Å². The largest absolute Gasteiger partial charge is 0.391 e. The summed E-state index contributed by atoms with van der Waals surface area (Å²) in [7, 11) is 0. The first kappa shape index (κ1) is 12.8. The molecule has 0 aliphatic heterocycles. The van der Waals surface area contributed by atoms with Crippen molar-refractivity contribution in [2.45, 2.75) is 19.1 Å². The summed E-state index contributed by atoms with van der Waals surface area (Å²) >= 11 is 0. The SMILES string of the molecule is OC(Cc1cccc(F)c1)Cn1cnc2ccccc21. The van der Waals surface area contributed by atoms with Crippen LogP contribution in [-0.4, -0.2) is 20.8 Å². The molecule has 1 N–H and O–H groups in total. The molecule has 20 heavy (non-hydrogen) atoms. The smallest absolute Gasteiger partial charge is 0.123 e. The number of halogens is 1. The van der Waals surface area contributed by atoms with Crippen molar-refractivity contribution in [3.8, 4) is 0 Å². The van der Waals surface area contributed by atoms with E-state index in [9.17, 15) is 9.50 Å². The Kier molecular flexibility index (Phi) is 3.48. The molecule has 0 fully saturated rings. The zero-order valence-corrected chi connectivity index (χ0v) is 10.9. The van der Waals surface area contributed by atoms with E-state index in [0.29, 0.717) is 13.0 Å². The highest BCUT2D eigenvalue weighted by Crippen LogP contribution is 2.14. The van der Waals surface area contributed by atoms with Crippen LogP contribution in [-0.2, 0) is 13.0 Å². The van der Waals surface area contributed by atoms with Crippen LogP contribution in [0.1, 0.15) is 5.56 Å². The molecule has 0 radical (unpaired) electrons. The first-order chi connectivity index (χ1) is 9.72. The molecule has 3 aromatic rings. The molecule has 0 aliphatic carbocycles. The van der Waals surface area contributed by atoms with Crippen molar-refractivity contribution in [1.29, 1.82) is 0 Å². The van der Waals surface area contributed by atoms with Gasteiger partial charge in [0.1, 0.15) is 5.82 Å². The quantitative estimate of drug-likeness (QED) is 0.791.